The van der Waals surface area contributed by atoms with E-state index < -0.39 is 0 Å². The van der Waals surface area contributed by atoms with Gasteiger partial charge in [-0.05, 0) is 53.8 Å². The molecular formula is C24H23N3O3. The highest BCUT2D eigenvalue weighted by atomic mass is 16.6. The van der Waals surface area contributed by atoms with Crippen molar-refractivity contribution in [1.82, 2.24) is 4.90 Å². The van der Waals surface area contributed by atoms with Gasteiger partial charge in [0, 0.05) is 31.3 Å². The van der Waals surface area contributed by atoms with Crippen molar-refractivity contribution < 1.29 is 9.72 Å². The van der Waals surface area contributed by atoms with Gasteiger partial charge in [-0.15, -0.1) is 0 Å². The summed E-state index contributed by atoms with van der Waals surface area (Å²) >= 11 is 0. The summed E-state index contributed by atoms with van der Waals surface area (Å²) < 4.78 is 0. The van der Waals surface area contributed by atoms with Gasteiger partial charge in [-0.3, -0.25) is 14.9 Å². The summed E-state index contributed by atoms with van der Waals surface area (Å²) in [5, 5.41) is 14.7. The topological polar surface area (TPSA) is 75.5 Å². The van der Waals surface area contributed by atoms with E-state index in [1.54, 1.807) is 12.1 Å². The van der Waals surface area contributed by atoms with Gasteiger partial charge in [0.25, 0.3) is 11.6 Å². The minimum atomic E-state index is -0.384. The monoisotopic (exact) mass is 401 g/mol. The number of anilines is 1. The molecule has 1 heterocycles. The maximum Gasteiger partial charge on any atom is 0.292 e. The fourth-order valence-electron chi connectivity index (χ4n) is 3.74. The van der Waals surface area contributed by atoms with Crippen LogP contribution in [-0.2, 0) is 6.54 Å². The summed E-state index contributed by atoms with van der Waals surface area (Å²) in [5.41, 5.74) is 3.85. The van der Waals surface area contributed by atoms with Gasteiger partial charge in [0.05, 0.1) is 4.92 Å². The van der Waals surface area contributed by atoms with E-state index in [1.807, 2.05) is 59.5 Å². The molecule has 3 aromatic rings. The molecular weight excluding hydrogens is 378 g/mol. The Kier molecular flexibility index (Phi) is 5.75. The molecule has 1 aliphatic heterocycles. The molecule has 0 saturated carbocycles. The average Bonchev–Trinajstić information content (AvgIpc) is 3.32. The Morgan fingerprint density at radius 2 is 1.67 bits per heavy atom. The lowest BCUT2D eigenvalue weighted by Crippen LogP contribution is -2.27. The van der Waals surface area contributed by atoms with Crippen LogP contribution in [0, 0.1) is 10.1 Å². The highest BCUT2D eigenvalue weighted by Crippen LogP contribution is 2.31. The van der Waals surface area contributed by atoms with Crippen molar-refractivity contribution in [3.8, 4) is 11.1 Å². The molecule has 30 heavy (non-hydrogen) atoms. The van der Waals surface area contributed by atoms with Crippen LogP contribution in [0.3, 0.4) is 0 Å². The van der Waals surface area contributed by atoms with Crippen LogP contribution in [-0.4, -0.2) is 28.8 Å². The first-order valence-electron chi connectivity index (χ1n) is 10.1. The number of benzene rings is 3. The van der Waals surface area contributed by atoms with Crippen LogP contribution in [0.2, 0.25) is 0 Å². The Morgan fingerprint density at radius 3 is 2.40 bits per heavy atom. The summed E-state index contributed by atoms with van der Waals surface area (Å²) in [6.07, 6.45) is 2.09. The maximum atomic E-state index is 12.7. The first-order valence-corrected chi connectivity index (χ1v) is 10.1. The standard InChI is InChI=1S/C24H23N3O3/c28-24(26-13-4-5-14-26)21-10-6-9-19(15-21)20-11-12-23(27(29)30)22(16-20)25-17-18-7-2-1-3-8-18/h1-3,6-12,15-16,25H,4-5,13-14,17H2. The number of carbonyl (C=O) groups is 1. The first kappa shape index (κ1) is 19.6. The lowest BCUT2D eigenvalue weighted by Gasteiger charge is -2.16. The molecule has 0 unspecified atom stereocenters. The van der Waals surface area contributed by atoms with Crippen molar-refractivity contribution >= 4 is 17.3 Å². The summed E-state index contributed by atoms with van der Waals surface area (Å²) in [6, 6.07) is 22.2. The SMILES string of the molecule is O=C(c1cccc(-c2ccc([N+](=O)[O-])c(NCc3ccccc3)c2)c1)N1CCCC1. The van der Waals surface area contributed by atoms with Gasteiger partial charge in [-0.1, -0.05) is 42.5 Å². The maximum absolute atomic E-state index is 12.7. The van der Waals surface area contributed by atoms with E-state index in [4.69, 9.17) is 0 Å². The predicted molar refractivity (Wildman–Crippen MR) is 117 cm³/mol. The number of hydrogen-bond acceptors (Lipinski definition) is 4. The molecule has 6 nitrogen and oxygen atoms in total. The van der Waals surface area contributed by atoms with Gasteiger partial charge in [-0.25, -0.2) is 0 Å². The molecule has 152 valence electrons. The Morgan fingerprint density at radius 1 is 0.933 bits per heavy atom. The van der Waals surface area contributed by atoms with Gasteiger partial charge in [0.15, 0.2) is 0 Å². The lowest BCUT2D eigenvalue weighted by molar-refractivity contribution is -0.384. The summed E-state index contributed by atoms with van der Waals surface area (Å²) in [6.45, 7) is 2.08. The summed E-state index contributed by atoms with van der Waals surface area (Å²) in [5.74, 6) is 0.0405. The van der Waals surface area contributed by atoms with Crippen molar-refractivity contribution in [2.75, 3.05) is 18.4 Å². The third-order valence-corrected chi connectivity index (χ3v) is 5.36. The molecule has 0 aliphatic carbocycles. The van der Waals surface area contributed by atoms with Crippen molar-refractivity contribution in [3.63, 3.8) is 0 Å². The van der Waals surface area contributed by atoms with Crippen LogP contribution >= 0.6 is 0 Å². The molecule has 4 rings (SSSR count). The van der Waals surface area contributed by atoms with Crippen LogP contribution in [0.25, 0.3) is 11.1 Å². The fraction of sp³-hybridized carbons (Fsp3) is 0.208. The molecule has 0 aromatic heterocycles. The van der Waals surface area contributed by atoms with Crippen LogP contribution < -0.4 is 5.32 Å². The number of rotatable bonds is 6. The number of nitrogens with one attached hydrogen (secondary N) is 1. The second-order valence-electron chi connectivity index (χ2n) is 7.41. The van der Waals surface area contributed by atoms with Crippen molar-refractivity contribution in [2.24, 2.45) is 0 Å². The Balaban J connectivity index is 1.61. The summed E-state index contributed by atoms with van der Waals surface area (Å²) in [7, 11) is 0. The largest absolute Gasteiger partial charge is 0.375 e. The zero-order valence-corrected chi connectivity index (χ0v) is 16.6. The second kappa shape index (κ2) is 8.78. The number of likely N-dealkylation sites (tertiary alicyclic amines) is 1. The van der Waals surface area contributed by atoms with Crippen molar-refractivity contribution in [1.29, 1.82) is 0 Å². The fourth-order valence-corrected chi connectivity index (χ4v) is 3.74. The zero-order valence-electron chi connectivity index (χ0n) is 16.6. The highest BCUT2D eigenvalue weighted by Gasteiger charge is 2.20. The van der Waals surface area contributed by atoms with Gasteiger partial charge in [-0.2, -0.15) is 0 Å². The predicted octanol–water partition coefficient (Wildman–Crippen LogP) is 5.11. The molecule has 1 amide bonds. The third-order valence-electron chi connectivity index (χ3n) is 5.36. The van der Waals surface area contributed by atoms with Gasteiger partial charge < -0.3 is 10.2 Å². The number of amides is 1. The van der Waals surface area contributed by atoms with Gasteiger partial charge >= 0.3 is 0 Å². The Hall–Kier alpha value is -3.67. The van der Waals surface area contributed by atoms with E-state index in [-0.39, 0.29) is 16.5 Å². The molecule has 1 saturated heterocycles. The minimum absolute atomic E-state index is 0.0268. The molecule has 6 heteroatoms. The molecule has 3 aromatic carbocycles. The quantitative estimate of drug-likeness (QED) is 0.460. The molecule has 1 fully saturated rings. The Bertz CT molecular complexity index is 1060. The molecule has 0 atom stereocenters. The molecule has 0 bridgehead atoms. The number of hydrogen-bond donors (Lipinski definition) is 1. The normalized spacial score (nSPS) is 13.3. The van der Waals surface area contributed by atoms with Crippen LogP contribution in [0.15, 0.2) is 72.8 Å². The molecule has 0 radical (unpaired) electrons. The number of nitro benzene ring substituents is 1. The third kappa shape index (κ3) is 4.33. The smallest absolute Gasteiger partial charge is 0.292 e. The van der Waals surface area contributed by atoms with E-state index in [9.17, 15) is 14.9 Å². The van der Waals surface area contributed by atoms with Gasteiger partial charge in [0.1, 0.15) is 5.69 Å². The number of nitro groups is 1. The van der Waals surface area contributed by atoms with E-state index in [1.165, 1.54) is 6.07 Å². The van der Waals surface area contributed by atoms with E-state index in [0.717, 1.165) is 42.6 Å². The van der Waals surface area contributed by atoms with Crippen molar-refractivity contribution in [3.05, 3.63) is 94.0 Å². The second-order valence-corrected chi connectivity index (χ2v) is 7.41. The number of carbonyl (C=O) groups excluding carboxylic acids is 1. The van der Waals surface area contributed by atoms with E-state index in [2.05, 4.69) is 5.32 Å². The molecule has 1 N–H and O–H groups in total. The minimum Gasteiger partial charge on any atom is -0.375 e. The Labute approximate surface area is 175 Å². The lowest BCUT2D eigenvalue weighted by atomic mass is 10.0. The van der Waals surface area contributed by atoms with Crippen LogP contribution in [0.5, 0.6) is 0 Å². The molecule has 1 aliphatic rings. The van der Waals surface area contributed by atoms with Crippen molar-refractivity contribution in [2.45, 2.75) is 19.4 Å². The number of nitrogens with zero attached hydrogens (tertiary/aromatic N) is 2. The first-order chi connectivity index (χ1) is 14.6. The van der Waals surface area contributed by atoms with Crippen LogP contribution in [0.1, 0.15) is 28.8 Å². The molecule has 0 spiro atoms. The zero-order chi connectivity index (χ0) is 20.9. The van der Waals surface area contributed by atoms with Crippen LogP contribution in [0.4, 0.5) is 11.4 Å². The average molecular weight is 401 g/mol. The van der Waals surface area contributed by atoms with Gasteiger partial charge in [0.2, 0.25) is 0 Å². The van der Waals surface area contributed by atoms with E-state index >= 15 is 0 Å². The highest BCUT2D eigenvalue weighted by molar-refractivity contribution is 5.95. The van der Waals surface area contributed by atoms with E-state index in [0.29, 0.717) is 17.8 Å². The summed E-state index contributed by atoms with van der Waals surface area (Å²) in [4.78, 5) is 25.7.